The van der Waals surface area contributed by atoms with E-state index >= 15 is 0 Å². The minimum Gasteiger partial charge on any atom is -0.350 e. The van der Waals surface area contributed by atoms with Crippen LogP contribution in [0.5, 0.6) is 0 Å². The van der Waals surface area contributed by atoms with Gasteiger partial charge in [-0.25, -0.2) is 0 Å². The van der Waals surface area contributed by atoms with E-state index in [9.17, 15) is 4.79 Å². The van der Waals surface area contributed by atoms with Crippen LogP contribution in [0.1, 0.15) is 33.3 Å². The number of amides is 1. The summed E-state index contributed by atoms with van der Waals surface area (Å²) in [6.07, 6.45) is 4.13. The van der Waals surface area contributed by atoms with Gasteiger partial charge in [-0.3, -0.25) is 4.79 Å². The van der Waals surface area contributed by atoms with Crippen molar-refractivity contribution in [1.82, 2.24) is 5.32 Å². The second-order valence-corrected chi connectivity index (χ2v) is 6.76. The predicted molar refractivity (Wildman–Crippen MR) is 85.9 cm³/mol. The average molecular weight is 281 g/mol. The molecule has 110 valence electrons. The lowest BCUT2D eigenvalue weighted by Gasteiger charge is -2.15. The molecule has 1 aromatic carbocycles. The summed E-state index contributed by atoms with van der Waals surface area (Å²) in [7, 11) is 0. The van der Waals surface area contributed by atoms with E-state index in [0.29, 0.717) is 11.8 Å². The minimum atomic E-state index is 0.0541. The van der Waals surface area contributed by atoms with Crippen LogP contribution in [-0.4, -0.2) is 11.9 Å². The monoisotopic (exact) mass is 281 g/mol. The number of rotatable bonds is 3. The first-order valence-corrected chi connectivity index (χ1v) is 7.71. The molecule has 0 radical (unpaired) electrons. The highest BCUT2D eigenvalue weighted by Gasteiger charge is 2.65. The fourth-order valence-corrected chi connectivity index (χ4v) is 3.90. The Bertz CT molecular complexity index is 626. The van der Waals surface area contributed by atoms with E-state index in [2.05, 4.69) is 49.5 Å². The lowest BCUT2D eigenvalue weighted by Crippen LogP contribution is -2.32. The number of carbonyl (C=O) groups excluding carboxylic acids is 1. The van der Waals surface area contributed by atoms with Gasteiger partial charge in [0.05, 0.1) is 0 Å². The Balaban J connectivity index is 1.95. The first kappa shape index (κ1) is 14.1. The van der Waals surface area contributed by atoms with Gasteiger partial charge in [-0.05, 0) is 32.3 Å². The molecule has 21 heavy (non-hydrogen) atoms. The van der Waals surface area contributed by atoms with E-state index in [0.717, 1.165) is 5.57 Å². The molecule has 0 unspecified atom stereocenters. The third kappa shape index (κ3) is 2.14. The van der Waals surface area contributed by atoms with E-state index in [-0.39, 0.29) is 17.4 Å². The van der Waals surface area contributed by atoms with Crippen molar-refractivity contribution < 1.29 is 4.79 Å². The van der Waals surface area contributed by atoms with Gasteiger partial charge in [0.1, 0.15) is 0 Å². The maximum Gasteiger partial charge on any atom is 0.247 e. The van der Waals surface area contributed by atoms with E-state index in [1.54, 1.807) is 0 Å². The molecular weight excluding hydrogens is 258 g/mol. The first-order chi connectivity index (χ1) is 9.96. The SMILES string of the molecule is CC1=CC=C(C(=O)NC(C)C)[C@@H]2[C@H]1[C@@]2(C)c1ccccc1. The maximum absolute atomic E-state index is 12.5. The summed E-state index contributed by atoms with van der Waals surface area (Å²) < 4.78 is 0. The average Bonchev–Trinajstić information content (AvgIpc) is 3.08. The van der Waals surface area contributed by atoms with Crippen LogP contribution in [0.25, 0.3) is 0 Å². The fourth-order valence-electron chi connectivity index (χ4n) is 3.90. The molecule has 2 heteroatoms. The van der Waals surface area contributed by atoms with Crippen molar-refractivity contribution in [2.24, 2.45) is 11.8 Å². The number of hydrogen-bond acceptors (Lipinski definition) is 1. The number of carbonyl (C=O) groups is 1. The Kier molecular flexibility index (Phi) is 3.27. The Morgan fingerprint density at radius 3 is 2.43 bits per heavy atom. The van der Waals surface area contributed by atoms with Gasteiger partial charge in [-0.15, -0.1) is 0 Å². The number of benzene rings is 1. The highest BCUT2D eigenvalue weighted by atomic mass is 16.1. The van der Waals surface area contributed by atoms with Crippen LogP contribution in [0, 0.1) is 11.8 Å². The van der Waals surface area contributed by atoms with Crippen LogP contribution in [-0.2, 0) is 10.2 Å². The maximum atomic E-state index is 12.5. The van der Waals surface area contributed by atoms with Crippen LogP contribution < -0.4 is 5.32 Å². The number of allylic oxidation sites excluding steroid dienone is 3. The summed E-state index contributed by atoms with van der Waals surface area (Å²) in [5.41, 5.74) is 3.70. The molecule has 1 N–H and O–H groups in total. The van der Waals surface area contributed by atoms with Crippen LogP contribution in [0.3, 0.4) is 0 Å². The zero-order valence-corrected chi connectivity index (χ0v) is 13.2. The van der Waals surface area contributed by atoms with Crippen LogP contribution in [0.4, 0.5) is 0 Å². The molecule has 0 aliphatic heterocycles. The van der Waals surface area contributed by atoms with Gasteiger partial charge in [-0.1, -0.05) is 55.0 Å². The van der Waals surface area contributed by atoms with Gasteiger partial charge in [0.15, 0.2) is 0 Å². The van der Waals surface area contributed by atoms with Crippen LogP contribution in [0.15, 0.2) is 53.6 Å². The van der Waals surface area contributed by atoms with Crippen molar-refractivity contribution >= 4 is 5.91 Å². The number of hydrogen-bond donors (Lipinski definition) is 1. The zero-order chi connectivity index (χ0) is 15.2. The van der Waals surface area contributed by atoms with Crippen molar-refractivity contribution in [2.45, 2.75) is 39.2 Å². The first-order valence-electron chi connectivity index (χ1n) is 7.71. The Labute approximate surface area is 126 Å². The second kappa shape index (κ2) is 4.87. The summed E-state index contributed by atoms with van der Waals surface area (Å²) in [5, 5.41) is 3.04. The second-order valence-electron chi connectivity index (χ2n) is 6.76. The van der Waals surface area contributed by atoms with Crippen molar-refractivity contribution in [3.05, 3.63) is 59.2 Å². The van der Waals surface area contributed by atoms with E-state index in [1.807, 2.05) is 26.0 Å². The van der Waals surface area contributed by atoms with Gasteiger partial charge >= 0.3 is 0 Å². The Morgan fingerprint density at radius 1 is 1.14 bits per heavy atom. The third-order valence-corrected chi connectivity index (χ3v) is 4.95. The summed E-state index contributed by atoms with van der Waals surface area (Å²) in [6.45, 7) is 8.47. The largest absolute Gasteiger partial charge is 0.350 e. The van der Waals surface area contributed by atoms with Gasteiger partial charge in [-0.2, -0.15) is 0 Å². The third-order valence-electron chi connectivity index (χ3n) is 4.95. The van der Waals surface area contributed by atoms with E-state index in [4.69, 9.17) is 0 Å². The Hall–Kier alpha value is -1.83. The summed E-state index contributed by atoms with van der Waals surface area (Å²) in [4.78, 5) is 12.5. The molecule has 0 bridgehead atoms. The van der Waals surface area contributed by atoms with Gasteiger partial charge in [0.25, 0.3) is 0 Å². The molecule has 2 aliphatic carbocycles. The standard InChI is InChI=1S/C19H23NO/c1-12(2)20-18(21)15-11-10-13(3)16-17(15)19(16,4)14-8-6-5-7-9-14/h5-12,16-17H,1-4H3,(H,20,21)/t16-,17+,19+/m0/s1. The lowest BCUT2D eigenvalue weighted by atomic mass is 9.92. The minimum absolute atomic E-state index is 0.0541. The smallest absolute Gasteiger partial charge is 0.247 e. The van der Waals surface area contributed by atoms with Crippen LogP contribution >= 0.6 is 0 Å². The topological polar surface area (TPSA) is 29.1 Å². The molecule has 3 atom stereocenters. The molecule has 3 rings (SSSR count). The van der Waals surface area contributed by atoms with Crippen molar-refractivity contribution in [3.8, 4) is 0 Å². The van der Waals surface area contributed by atoms with E-state index < -0.39 is 0 Å². The van der Waals surface area contributed by atoms with Crippen molar-refractivity contribution in [2.75, 3.05) is 0 Å². The lowest BCUT2D eigenvalue weighted by molar-refractivity contribution is -0.118. The number of fused-ring (bicyclic) bond motifs is 1. The van der Waals surface area contributed by atoms with Gasteiger partial charge in [0.2, 0.25) is 5.91 Å². The van der Waals surface area contributed by atoms with E-state index in [1.165, 1.54) is 11.1 Å². The highest BCUT2D eigenvalue weighted by Crippen LogP contribution is 2.67. The van der Waals surface area contributed by atoms with Gasteiger partial charge in [0, 0.05) is 22.9 Å². The van der Waals surface area contributed by atoms with Crippen molar-refractivity contribution in [3.63, 3.8) is 0 Å². The highest BCUT2D eigenvalue weighted by molar-refractivity contribution is 5.96. The van der Waals surface area contributed by atoms with Crippen molar-refractivity contribution in [1.29, 1.82) is 0 Å². The molecule has 0 heterocycles. The molecule has 2 nitrogen and oxygen atoms in total. The molecule has 2 aliphatic rings. The Morgan fingerprint density at radius 2 is 1.81 bits per heavy atom. The molecule has 0 saturated heterocycles. The normalized spacial score (nSPS) is 30.3. The zero-order valence-electron chi connectivity index (χ0n) is 13.2. The fraction of sp³-hybridized carbons (Fsp3) is 0.421. The molecule has 0 spiro atoms. The molecular formula is C19H23NO. The van der Waals surface area contributed by atoms with Crippen LogP contribution in [0.2, 0.25) is 0 Å². The quantitative estimate of drug-likeness (QED) is 0.901. The molecule has 1 saturated carbocycles. The van der Waals surface area contributed by atoms with Gasteiger partial charge < -0.3 is 5.32 Å². The molecule has 0 aromatic heterocycles. The number of nitrogens with one attached hydrogen (secondary N) is 1. The molecule has 1 amide bonds. The summed E-state index contributed by atoms with van der Waals surface area (Å²) in [5.74, 6) is 0.852. The summed E-state index contributed by atoms with van der Waals surface area (Å²) >= 11 is 0. The summed E-state index contributed by atoms with van der Waals surface area (Å²) in [6, 6.07) is 10.8. The molecule has 1 aromatic rings. The predicted octanol–water partition coefficient (Wildman–Crippen LogP) is 3.60. The molecule has 1 fully saturated rings.